The van der Waals surface area contributed by atoms with Crippen LogP contribution in [0.25, 0.3) is 0 Å². The fraction of sp³-hybridized carbons (Fsp3) is 0.941. The van der Waals surface area contributed by atoms with Gasteiger partial charge in [0.25, 0.3) is 0 Å². The minimum absolute atomic E-state index is 0.110. The number of carboxylic acids is 1. The summed E-state index contributed by atoms with van der Waals surface area (Å²) in [4.78, 5) is 11.9. The molecule has 4 saturated carbocycles. The molecule has 4 aliphatic carbocycles. The molecule has 4 bridgehead atoms. The zero-order valence-corrected chi connectivity index (χ0v) is 12.6. The lowest BCUT2D eigenvalue weighted by molar-refractivity contribution is -0.160. The van der Waals surface area contributed by atoms with Crippen molar-refractivity contribution in [1.82, 2.24) is 0 Å². The summed E-state index contributed by atoms with van der Waals surface area (Å²) in [6.45, 7) is 6.55. The van der Waals surface area contributed by atoms with Crippen LogP contribution < -0.4 is 0 Å². The molecule has 0 aromatic rings. The summed E-state index contributed by atoms with van der Waals surface area (Å²) in [6.07, 6.45) is 8.61. The van der Waals surface area contributed by atoms with Crippen molar-refractivity contribution in [2.24, 2.45) is 34.5 Å². The van der Waals surface area contributed by atoms with Gasteiger partial charge in [0.15, 0.2) is 0 Å². The quantitative estimate of drug-likeness (QED) is 0.823. The monoisotopic (exact) mass is 264 g/mol. The molecule has 0 amide bonds. The van der Waals surface area contributed by atoms with Gasteiger partial charge in [0.05, 0.1) is 5.92 Å². The lowest BCUT2D eigenvalue weighted by atomic mass is 9.45. The van der Waals surface area contributed by atoms with Gasteiger partial charge in [-0.25, -0.2) is 0 Å². The highest BCUT2D eigenvalue weighted by Gasteiger charge is 2.56. The molecule has 0 heterocycles. The van der Waals surface area contributed by atoms with Gasteiger partial charge in [-0.1, -0.05) is 20.8 Å². The van der Waals surface area contributed by atoms with Crippen molar-refractivity contribution in [2.75, 3.05) is 0 Å². The zero-order chi connectivity index (χ0) is 13.8. The minimum Gasteiger partial charge on any atom is -0.481 e. The predicted octanol–water partition coefficient (Wildman–Crippen LogP) is 4.34. The smallest absolute Gasteiger partial charge is 0.307 e. The highest BCUT2D eigenvalue weighted by molar-refractivity contribution is 5.71. The molecule has 19 heavy (non-hydrogen) atoms. The minimum atomic E-state index is -0.531. The molecule has 2 heteroatoms. The molecule has 2 nitrogen and oxygen atoms in total. The van der Waals surface area contributed by atoms with Crippen molar-refractivity contribution in [2.45, 2.75) is 65.7 Å². The fourth-order valence-corrected chi connectivity index (χ4v) is 5.78. The molecule has 1 N–H and O–H groups in total. The molecule has 4 aliphatic rings. The average Bonchev–Trinajstić information content (AvgIpc) is 2.22. The predicted molar refractivity (Wildman–Crippen MR) is 75.8 cm³/mol. The molecule has 0 radical (unpaired) electrons. The summed E-state index contributed by atoms with van der Waals surface area (Å²) >= 11 is 0. The second kappa shape index (κ2) is 4.23. The Morgan fingerprint density at radius 3 is 1.84 bits per heavy atom. The maximum Gasteiger partial charge on any atom is 0.307 e. The topological polar surface area (TPSA) is 37.3 Å². The van der Waals surface area contributed by atoms with Crippen LogP contribution in [0, 0.1) is 34.5 Å². The first kappa shape index (κ1) is 13.5. The van der Waals surface area contributed by atoms with E-state index in [0.29, 0.717) is 0 Å². The third-order valence-corrected chi connectivity index (χ3v) is 5.94. The maximum atomic E-state index is 11.9. The van der Waals surface area contributed by atoms with E-state index in [9.17, 15) is 9.90 Å². The van der Waals surface area contributed by atoms with E-state index in [1.54, 1.807) is 0 Å². The summed E-state index contributed by atoms with van der Waals surface area (Å²) in [5, 5.41) is 9.80. The standard InChI is InChI=1S/C17H28O2/c1-16(2,3)10-14(15(18)19)17-7-11-4-12(8-17)6-13(5-11)9-17/h11-14H,4-10H2,1-3H3,(H,18,19). The number of aliphatic carboxylic acids is 1. The second-order valence-corrected chi connectivity index (χ2v) is 8.94. The van der Waals surface area contributed by atoms with E-state index >= 15 is 0 Å². The van der Waals surface area contributed by atoms with Gasteiger partial charge in [0.2, 0.25) is 0 Å². The number of hydrogen-bond donors (Lipinski definition) is 1. The van der Waals surface area contributed by atoms with Gasteiger partial charge < -0.3 is 5.11 Å². The Morgan fingerprint density at radius 2 is 1.53 bits per heavy atom. The molecular formula is C17H28O2. The molecule has 0 aromatic carbocycles. The molecule has 4 rings (SSSR count). The highest BCUT2D eigenvalue weighted by Crippen LogP contribution is 2.63. The van der Waals surface area contributed by atoms with E-state index < -0.39 is 5.97 Å². The van der Waals surface area contributed by atoms with Crippen LogP contribution in [0.1, 0.15) is 65.7 Å². The largest absolute Gasteiger partial charge is 0.481 e. The van der Waals surface area contributed by atoms with E-state index in [1.807, 2.05) is 0 Å². The van der Waals surface area contributed by atoms with Gasteiger partial charge in [-0.3, -0.25) is 4.79 Å². The summed E-state index contributed by atoms with van der Waals surface area (Å²) in [7, 11) is 0. The third kappa shape index (κ3) is 2.43. The van der Waals surface area contributed by atoms with Crippen molar-refractivity contribution in [3.8, 4) is 0 Å². The molecule has 0 saturated heterocycles. The van der Waals surface area contributed by atoms with E-state index in [0.717, 1.165) is 24.2 Å². The van der Waals surface area contributed by atoms with Gasteiger partial charge in [-0.05, 0) is 73.5 Å². The van der Waals surface area contributed by atoms with E-state index in [-0.39, 0.29) is 16.7 Å². The summed E-state index contributed by atoms with van der Waals surface area (Å²) in [5.74, 6) is 1.88. The number of hydrogen-bond acceptors (Lipinski definition) is 1. The Balaban J connectivity index is 1.87. The molecule has 4 fully saturated rings. The molecular weight excluding hydrogens is 236 g/mol. The normalized spacial score (nSPS) is 42.4. The molecule has 1 unspecified atom stereocenters. The summed E-state index contributed by atoms with van der Waals surface area (Å²) < 4.78 is 0. The van der Waals surface area contributed by atoms with E-state index in [4.69, 9.17) is 0 Å². The van der Waals surface area contributed by atoms with Gasteiger partial charge >= 0.3 is 5.97 Å². The van der Waals surface area contributed by atoms with Crippen LogP contribution in [0.5, 0.6) is 0 Å². The Morgan fingerprint density at radius 1 is 1.11 bits per heavy atom. The Kier molecular flexibility index (Phi) is 3.00. The second-order valence-electron chi connectivity index (χ2n) is 8.94. The average molecular weight is 264 g/mol. The van der Waals surface area contributed by atoms with Gasteiger partial charge in [0.1, 0.15) is 0 Å². The van der Waals surface area contributed by atoms with Gasteiger partial charge in [-0.15, -0.1) is 0 Å². The zero-order valence-electron chi connectivity index (χ0n) is 12.6. The number of carboxylic acid groups (broad SMARTS) is 1. The van der Waals surface area contributed by atoms with Crippen LogP contribution in [0.15, 0.2) is 0 Å². The number of carbonyl (C=O) groups is 1. The Bertz CT molecular complexity index is 342. The van der Waals surface area contributed by atoms with Crippen LogP contribution in [0.4, 0.5) is 0 Å². The molecule has 0 aliphatic heterocycles. The van der Waals surface area contributed by atoms with Crippen molar-refractivity contribution in [1.29, 1.82) is 0 Å². The van der Waals surface area contributed by atoms with Crippen molar-refractivity contribution in [3.05, 3.63) is 0 Å². The highest BCUT2D eigenvalue weighted by atomic mass is 16.4. The lowest BCUT2D eigenvalue weighted by Gasteiger charge is -2.59. The summed E-state index contributed by atoms with van der Waals surface area (Å²) in [5.41, 5.74) is 0.264. The first-order valence-corrected chi connectivity index (χ1v) is 8.00. The van der Waals surface area contributed by atoms with Gasteiger partial charge in [-0.2, -0.15) is 0 Å². The van der Waals surface area contributed by atoms with Crippen LogP contribution in [-0.4, -0.2) is 11.1 Å². The molecule has 108 valence electrons. The Labute approximate surface area is 117 Å². The van der Waals surface area contributed by atoms with Crippen molar-refractivity contribution in [3.63, 3.8) is 0 Å². The van der Waals surface area contributed by atoms with Crippen LogP contribution in [0.3, 0.4) is 0 Å². The Hall–Kier alpha value is -0.530. The molecule has 0 aromatic heterocycles. The van der Waals surface area contributed by atoms with Crippen LogP contribution in [0.2, 0.25) is 0 Å². The van der Waals surface area contributed by atoms with Crippen LogP contribution >= 0.6 is 0 Å². The maximum absolute atomic E-state index is 11.9. The fourth-order valence-electron chi connectivity index (χ4n) is 5.78. The van der Waals surface area contributed by atoms with Crippen molar-refractivity contribution < 1.29 is 9.90 Å². The molecule has 0 spiro atoms. The van der Waals surface area contributed by atoms with Crippen molar-refractivity contribution >= 4 is 5.97 Å². The first-order chi connectivity index (χ1) is 8.77. The van der Waals surface area contributed by atoms with E-state index in [1.165, 1.54) is 38.5 Å². The van der Waals surface area contributed by atoms with E-state index in [2.05, 4.69) is 20.8 Å². The third-order valence-electron chi connectivity index (χ3n) is 5.94. The summed E-state index contributed by atoms with van der Waals surface area (Å²) in [6, 6.07) is 0. The first-order valence-electron chi connectivity index (χ1n) is 8.00. The van der Waals surface area contributed by atoms with Gasteiger partial charge in [0, 0.05) is 0 Å². The number of rotatable bonds is 3. The SMILES string of the molecule is CC(C)(C)CC(C(=O)O)C12CC3CC(CC(C3)C1)C2. The molecule has 1 atom stereocenters. The van der Waals surface area contributed by atoms with Crippen LogP contribution in [-0.2, 0) is 4.79 Å². The lowest BCUT2D eigenvalue weighted by Crippen LogP contribution is -2.52.